The topological polar surface area (TPSA) is 84.0 Å². The van der Waals surface area contributed by atoms with E-state index in [0.717, 1.165) is 16.1 Å². The van der Waals surface area contributed by atoms with Gasteiger partial charge in [0.25, 0.3) is 0 Å². The van der Waals surface area contributed by atoms with Crippen molar-refractivity contribution in [2.24, 2.45) is 0 Å². The molecular formula is C21H22N4O2S. The minimum absolute atomic E-state index is 0.163. The van der Waals surface area contributed by atoms with Crippen molar-refractivity contribution in [2.45, 2.75) is 32.7 Å². The van der Waals surface area contributed by atoms with Gasteiger partial charge in [0.05, 0.1) is 0 Å². The average Bonchev–Trinajstić information content (AvgIpc) is 3.16. The summed E-state index contributed by atoms with van der Waals surface area (Å²) in [6, 6.07) is 17.1. The molecule has 0 spiro atoms. The zero-order chi connectivity index (χ0) is 19.9. The van der Waals surface area contributed by atoms with Gasteiger partial charge in [-0.1, -0.05) is 71.5 Å². The van der Waals surface area contributed by atoms with Gasteiger partial charge in [-0.25, -0.2) is 0 Å². The maximum absolute atomic E-state index is 12.3. The molecule has 2 aromatic carbocycles. The smallest absolute Gasteiger partial charge is 0.248 e. The largest absolute Gasteiger partial charge is 0.345 e. The van der Waals surface area contributed by atoms with Gasteiger partial charge < -0.3 is 5.32 Å². The molecule has 1 aromatic heterocycles. The second-order valence-corrected chi connectivity index (χ2v) is 7.52. The lowest BCUT2D eigenvalue weighted by molar-refractivity contribution is -0.126. The Hall–Kier alpha value is -3.06. The zero-order valence-electron chi connectivity index (χ0n) is 15.8. The van der Waals surface area contributed by atoms with E-state index in [1.807, 2.05) is 61.5 Å². The van der Waals surface area contributed by atoms with Crippen LogP contribution in [-0.2, 0) is 16.0 Å². The Labute approximate surface area is 168 Å². The van der Waals surface area contributed by atoms with E-state index in [1.54, 1.807) is 6.92 Å². The predicted octanol–water partition coefficient (Wildman–Crippen LogP) is 3.59. The van der Waals surface area contributed by atoms with Gasteiger partial charge in [0.15, 0.2) is 0 Å². The summed E-state index contributed by atoms with van der Waals surface area (Å²) >= 11 is 1.30. The molecule has 7 heteroatoms. The number of hydrogen-bond acceptors (Lipinski definition) is 5. The number of aryl methyl sites for hydroxylation is 2. The summed E-state index contributed by atoms with van der Waals surface area (Å²) in [5.41, 5.74) is 3.21. The minimum atomic E-state index is -0.657. The van der Waals surface area contributed by atoms with Crippen molar-refractivity contribution in [2.75, 3.05) is 5.32 Å². The normalized spacial score (nSPS) is 11.6. The number of aromatic nitrogens is 2. The van der Waals surface area contributed by atoms with Crippen molar-refractivity contribution in [3.8, 4) is 10.6 Å². The molecule has 0 aliphatic heterocycles. The number of hydrogen-bond donors (Lipinski definition) is 2. The van der Waals surface area contributed by atoms with Crippen molar-refractivity contribution in [1.29, 1.82) is 0 Å². The molecule has 1 heterocycles. The molecule has 2 amide bonds. The van der Waals surface area contributed by atoms with Gasteiger partial charge in [0, 0.05) is 12.0 Å². The van der Waals surface area contributed by atoms with Gasteiger partial charge in [-0.2, -0.15) is 0 Å². The number of nitrogens with one attached hydrogen (secondary N) is 2. The van der Waals surface area contributed by atoms with E-state index in [2.05, 4.69) is 20.8 Å². The van der Waals surface area contributed by atoms with E-state index >= 15 is 0 Å². The highest BCUT2D eigenvalue weighted by Crippen LogP contribution is 2.26. The summed E-state index contributed by atoms with van der Waals surface area (Å²) in [5, 5.41) is 14.7. The van der Waals surface area contributed by atoms with Gasteiger partial charge in [0.1, 0.15) is 11.0 Å². The third kappa shape index (κ3) is 5.47. The first-order chi connectivity index (χ1) is 13.5. The molecule has 2 N–H and O–H groups in total. The molecule has 1 atom stereocenters. The Balaban J connectivity index is 1.50. The zero-order valence-corrected chi connectivity index (χ0v) is 16.6. The third-order valence-electron chi connectivity index (χ3n) is 4.21. The standard InChI is InChI=1S/C21H22N4O2S/c1-14-8-11-17(12-9-14)20-24-25-21(28-20)23-19(27)15(2)22-18(26)13-10-16-6-4-3-5-7-16/h3-9,11-12,15H,10,13H2,1-2H3,(H,22,26)(H,23,25,27). The van der Waals surface area contributed by atoms with Crippen LogP contribution in [-0.4, -0.2) is 28.1 Å². The fourth-order valence-electron chi connectivity index (χ4n) is 2.58. The highest BCUT2D eigenvalue weighted by atomic mass is 32.1. The first-order valence-electron chi connectivity index (χ1n) is 9.06. The van der Waals surface area contributed by atoms with E-state index in [4.69, 9.17) is 0 Å². The fourth-order valence-corrected chi connectivity index (χ4v) is 3.33. The van der Waals surface area contributed by atoms with Gasteiger partial charge in [-0.3, -0.25) is 14.9 Å². The van der Waals surface area contributed by atoms with E-state index in [0.29, 0.717) is 18.0 Å². The van der Waals surface area contributed by atoms with Crippen LogP contribution in [0.2, 0.25) is 0 Å². The Bertz CT molecular complexity index is 939. The molecule has 3 rings (SSSR count). The average molecular weight is 395 g/mol. The van der Waals surface area contributed by atoms with Crippen LogP contribution in [0.15, 0.2) is 54.6 Å². The van der Waals surface area contributed by atoms with Crippen molar-refractivity contribution >= 4 is 28.3 Å². The molecular weight excluding hydrogens is 372 g/mol. The van der Waals surface area contributed by atoms with Gasteiger partial charge in [-0.05, 0) is 25.8 Å². The highest BCUT2D eigenvalue weighted by molar-refractivity contribution is 7.18. The molecule has 144 valence electrons. The van der Waals surface area contributed by atoms with Crippen LogP contribution < -0.4 is 10.6 Å². The molecule has 28 heavy (non-hydrogen) atoms. The lowest BCUT2D eigenvalue weighted by atomic mass is 10.1. The number of carbonyl (C=O) groups excluding carboxylic acids is 2. The number of rotatable bonds is 7. The second kappa shape index (κ2) is 9.23. The number of nitrogens with zero attached hydrogens (tertiary/aromatic N) is 2. The van der Waals surface area contributed by atoms with Crippen LogP contribution in [0.4, 0.5) is 5.13 Å². The van der Waals surface area contributed by atoms with Crippen molar-refractivity contribution < 1.29 is 9.59 Å². The maximum Gasteiger partial charge on any atom is 0.248 e. The van der Waals surface area contributed by atoms with Crippen LogP contribution in [0.5, 0.6) is 0 Å². The number of anilines is 1. The summed E-state index contributed by atoms with van der Waals surface area (Å²) in [7, 11) is 0. The summed E-state index contributed by atoms with van der Waals surface area (Å²) in [4.78, 5) is 24.4. The summed E-state index contributed by atoms with van der Waals surface area (Å²) in [6.07, 6.45) is 0.968. The first kappa shape index (κ1) is 19.7. The molecule has 6 nitrogen and oxygen atoms in total. The Kier molecular flexibility index (Phi) is 6.49. The Morgan fingerprint density at radius 3 is 2.46 bits per heavy atom. The molecule has 0 radical (unpaired) electrons. The lowest BCUT2D eigenvalue weighted by Gasteiger charge is -2.12. The summed E-state index contributed by atoms with van der Waals surface area (Å²) in [6.45, 7) is 3.67. The lowest BCUT2D eigenvalue weighted by Crippen LogP contribution is -2.41. The SMILES string of the molecule is Cc1ccc(-c2nnc(NC(=O)C(C)NC(=O)CCc3ccccc3)s2)cc1. The van der Waals surface area contributed by atoms with E-state index in [1.165, 1.54) is 16.9 Å². The highest BCUT2D eigenvalue weighted by Gasteiger charge is 2.17. The van der Waals surface area contributed by atoms with Gasteiger partial charge in [0.2, 0.25) is 16.9 Å². The quantitative estimate of drug-likeness (QED) is 0.641. The van der Waals surface area contributed by atoms with Crippen LogP contribution >= 0.6 is 11.3 Å². The number of benzene rings is 2. The van der Waals surface area contributed by atoms with Crippen molar-refractivity contribution in [3.63, 3.8) is 0 Å². The molecule has 1 unspecified atom stereocenters. The third-order valence-corrected chi connectivity index (χ3v) is 5.10. The molecule has 0 fully saturated rings. The molecule has 0 saturated heterocycles. The van der Waals surface area contributed by atoms with Crippen LogP contribution in [0.1, 0.15) is 24.5 Å². The molecule has 0 aliphatic rings. The Morgan fingerprint density at radius 1 is 1.04 bits per heavy atom. The fraction of sp³-hybridized carbons (Fsp3) is 0.238. The van der Waals surface area contributed by atoms with E-state index in [9.17, 15) is 9.59 Å². The summed E-state index contributed by atoms with van der Waals surface area (Å²) < 4.78 is 0. The maximum atomic E-state index is 12.3. The molecule has 0 aliphatic carbocycles. The molecule has 3 aromatic rings. The Morgan fingerprint density at radius 2 is 1.75 bits per heavy atom. The second-order valence-electron chi connectivity index (χ2n) is 6.54. The van der Waals surface area contributed by atoms with Crippen LogP contribution in [0, 0.1) is 6.92 Å². The number of amides is 2. The van der Waals surface area contributed by atoms with Gasteiger partial charge >= 0.3 is 0 Å². The van der Waals surface area contributed by atoms with Crippen molar-refractivity contribution in [3.05, 3.63) is 65.7 Å². The number of carbonyl (C=O) groups is 2. The van der Waals surface area contributed by atoms with Gasteiger partial charge in [-0.15, -0.1) is 10.2 Å². The molecule has 0 saturated carbocycles. The minimum Gasteiger partial charge on any atom is -0.345 e. The van der Waals surface area contributed by atoms with Crippen LogP contribution in [0.3, 0.4) is 0 Å². The monoisotopic (exact) mass is 394 g/mol. The van der Waals surface area contributed by atoms with E-state index in [-0.39, 0.29) is 11.8 Å². The predicted molar refractivity (Wildman–Crippen MR) is 111 cm³/mol. The first-order valence-corrected chi connectivity index (χ1v) is 9.87. The van der Waals surface area contributed by atoms with E-state index < -0.39 is 6.04 Å². The summed E-state index contributed by atoms with van der Waals surface area (Å²) in [5.74, 6) is -0.483. The van der Waals surface area contributed by atoms with Crippen LogP contribution in [0.25, 0.3) is 10.6 Å². The van der Waals surface area contributed by atoms with Crippen molar-refractivity contribution in [1.82, 2.24) is 15.5 Å². The molecule has 0 bridgehead atoms.